The number of methoxy groups -OCH3 is 2. The Morgan fingerprint density at radius 1 is 1.10 bits per heavy atom. The van der Waals surface area contributed by atoms with Crippen LogP contribution in [0.3, 0.4) is 0 Å². The standard InChI is InChI=1S/C16H27NO3/c1-4-15(14-8-5-6-9-16(14)19-3)17-10-7-11-20-13-12-18-2/h5-6,8-9,15,17H,4,7,10-13H2,1-3H3. The maximum absolute atomic E-state index is 5.45. The van der Waals surface area contributed by atoms with Gasteiger partial charge in [-0.2, -0.15) is 0 Å². The lowest BCUT2D eigenvalue weighted by Crippen LogP contribution is -2.23. The predicted octanol–water partition coefficient (Wildman–Crippen LogP) is 2.79. The second kappa shape index (κ2) is 10.7. The molecule has 0 amide bonds. The molecule has 1 atom stereocenters. The van der Waals surface area contributed by atoms with Crippen LogP contribution in [0, 0.1) is 0 Å². The molecular formula is C16H27NO3. The van der Waals surface area contributed by atoms with Crippen LogP contribution in [0.4, 0.5) is 0 Å². The van der Waals surface area contributed by atoms with Crippen molar-refractivity contribution in [1.82, 2.24) is 5.32 Å². The first-order chi connectivity index (χ1) is 9.83. The van der Waals surface area contributed by atoms with Gasteiger partial charge < -0.3 is 19.5 Å². The molecule has 20 heavy (non-hydrogen) atoms. The molecule has 4 heteroatoms. The fraction of sp³-hybridized carbons (Fsp3) is 0.625. The van der Waals surface area contributed by atoms with Gasteiger partial charge in [0.05, 0.1) is 20.3 Å². The lowest BCUT2D eigenvalue weighted by atomic mass is 10.0. The lowest BCUT2D eigenvalue weighted by molar-refractivity contribution is 0.0692. The van der Waals surface area contributed by atoms with Crippen LogP contribution in [0.25, 0.3) is 0 Å². The number of ether oxygens (including phenoxy) is 3. The van der Waals surface area contributed by atoms with Crippen LogP contribution < -0.4 is 10.1 Å². The highest BCUT2D eigenvalue weighted by Crippen LogP contribution is 2.26. The highest BCUT2D eigenvalue weighted by Gasteiger charge is 2.12. The minimum Gasteiger partial charge on any atom is -0.496 e. The van der Waals surface area contributed by atoms with Crippen molar-refractivity contribution in [2.24, 2.45) is 0 Å². The van der Waals surface area contributed by atoms with Crippen molar-refractivity contribution < 1.29 is 14.2 Å². The fourth-order valence-corrected chi connectivity index (χ4v) is 2.12. The molecule has 1 unspecified atom stereocenters. The Kier molecular flexibility index (Phi) is 9.04. The Morgan fingerprint density at radius 3 is 2.60 bits per heavy atom. The Labute approximate surface area is 122 Å². The van der Waals surface area contributed by atoms with Crippen LogP contribution in [0.2, 0.25) is 0 Å². The average Bonchev–Trinajstić information content (AvgIpc) is 2.50. The molecule has 1 aromatic carbocycles. The molecule has 0 heterocycles. The minimum absolute atomic E-state index is 0.324. The molecule has 0 saturated heterocycles. The van der Waals surface area contributed by atoms with Gasteiger partial charge in [-0.15, -0.1) is 0 Å². The largest absolute Gasteiger partial charge is 0.496 e. The summed E-state index contributed by atoms with van der Waals surface area (Å²) in [5.41, 5.74) is 1.22. The van der Waals surface area contributed by atoms with Gasteiger partial charge in [-0.25, -0.2) is 0 Å². The lowest BCUT2D eigenvalue weighted by Gasteiger charge is -2.20. The molecule has 0 spiro atoms. The molecule has 0 aromatic heterocycles. The molecular weight excluding hydrogens is 254 g/mol. The van der Waals surface area contributed by atoms with Gasteiger partial charge in [-0.3, -0.25) is 0 Å². The second-order valence-electron chi connectivity index (χ2n) is 4.62. The minimum atomic E-state index is 0.324. The van der Waals surface area contributed by atoms with Crippen molar-refractivity contribution in [3.05, 3.63) is 29.8 Å². The Morgan fingerprint density at radius 2 is 1.90 bits per heavy atom. The third-order valence-electron chi connectivity index (χ3n) is 3.21. The molecule has 1 N–H and O–H groups in total. The van der Waals surface area contributed by atoms with E-state index in [1.54, 1.807) is 14.2 Å². The number of para-hydroxylation sites is 1. The third kappa shape index (κ3) is 5.90. The number of nitrogens with one attached hydrogen (secondary N) is 1. The summed E-state index contributed by atoms with van der Waals surface area (Å²) in [4.78, 5) is 0. The van der Waals surface area contributed by atoms with E-state index in [1.807, 2.05) is 12.1 Å². The molecule has 0 aliphatic heterocycles. The van der Waals surface area contributed by atoms with Gasteiger partial charge in [0, 0.05) is 25.3 Å². The topological polar surface area (TPSA) is 39.7 Å². The molecule has 0 radical (unpaired) electrons. The smallest absolute Gasteiger partial charge is 0.123 e. The SMILES string of the molecule is CCC(NCCCOCCOC)c1ccccc1OC. The van der Waals surface area contributed by atoms with Gasteiger partial charge in [0.25, 0.3) is 0 Å². The normalized spacial score (nSPS) is 12.3. The zero-order valence-electron chi connectivity index (χ0n) is 12.9. The summed E-state index contributed by atoms with van der Waals surface area (Å²) < 4.78 is 15.8. The summed E-state index contributed by atoms with van der Waals surface area (Å²) in [5, 5.41) is 3.56. The first kappa shape index (κ1) is 17.0. The van der Waals surface area contributed by atoms with Gasteiger partial charge in [-0.1, -0.05) is 25.1 Å². The van der Waals surface area contributed by atoms with E-state index in [1.165, 1.54) is 5.56 Å². The Bertz CT molecular complexity index is 357. The van der Waals surface area contributed by atoms with Crippen LogP contribution >= 0.6 is 0 Å². The van der Waals surface area contributed by atoms with Crippen LogP contribution in [0.15, 0.2) is 24.3 Å². The zero-order valence-corrected chi connectivity index (χ0v) is 12.9. The van der Waals surface area contributed by atoms with Crippen LogP contribution in [0.1, 0.15) is 31.4 Å². The van der Waals surface area contributed by atoms with Crippen molar-refractivity contribution in [3.63, 3.8) is 0 Å². The fourth-order valence-electron chi connectivity index (χ4n) is 2.12. The van der Waals surface area contributed by atoms with E-state index >= 15 is 0 Å². The van der Waals surface area contributed by atoms with E-state index in [0.29, 0.717) is 19.3 Å². The highest BCUT2D eigenvalue weighted by molar-refractivity contribution is 5.35. The summed E-state index contributed by atoms with van der Waals surface area (Å²) >= 11 is 0. The quantitative estimate of drug-likeness (QED) is 0.633. The number of hydrogen-bond acceptors (Lipinski definition) is 4. The number of hydrogen-bond donors (Lipinski definition) is 1. The maximum atomic E-state index is 5.45. The molecule has 1 rings (SSSR count). The van der Waals surface area contributed by atoms with Gasteiger partial charge in [0.1, 0.15) is 5.75 Å². The van der Waals surface area contributed by atoms with E-state index in [9.17, 15) is 0 Å². The first-order valence-electron chi connectivity index (χ1n) is 7.26. The van der Waals surface area contributed by atoms with Gasteiger partial charge in [0.2, 0.25) is 0 Å². The van der Waals surface area contributed by atoms with E-state index in [4.69, 9.17) is 14.2 Å². The molecule has 0 fully saturated rings. The van der Waals surface area contributed by atoms with Crippen molar-refractivity contribution in [2.75, 3.05) is 40.6 Å². The summed E-state index contributed by atoms with van der Waals surface area (Å²) in [7, 11) is 3.40. The highest BCUT2D eigenvalue weighted by atomic mass is 16.5. The first-order valence-corrected chi connectivity index (χ1v) is 7.26. The molecule has 0 aliphatic carbocycles. The summed E-state index contributed by atoms with van der Waals surface area (Å²) in [5.74, 6) is 0.947. The van der Waals surface area contributed by atoms with Crippen molar-refractivity contribution in [3.8, 4) is 5.75 Å². The van der Waals surface area contributed by atoms with E-state index < -0.39 is 0 Å². The molecule has 1 aromatic rings. The zero-order chi connectivity index (χ0) is 14.6. The molecule has 0 bridgehead atoms. The van der Waals surface area contributed by atoms with Gasteiger partial charge in [-0.05, 0) is 25.5 Å². The predicted molar refractivity (Wildman–Crippen MR) is 81.3 cm³/mol. The number of rotatable bonds is 11. The van der Waals surface area contributed by atoms with E-state index in [2.05, 4.69) is 24.4 Å². The molecule has 4 nitrogen and oxygen atoms in total. The van der Waals surface area contributed by atoms with E-state index in [-0.39, 0.29) is 0 Å². The summed E-state index contributed by atoms with van der Waals surface area (Å²) in [6, 6.07) is 8.50. The van der Waals surface area contributed by atoms with Crippen molar-refractivity contribution in [1.29, 1.82) is 0 Å². The van der Waals surface area contributed by atoms with Crippen molar-refractivity contribution in [2.45, 2.75) is 25.8 Å². The number of benzene rings is 1. The van der Waals surface area contributed by atoms with Gasteiger partial charge >= 0.3 is 0 Å². The van der Waals surface area contributed by atoms with Crippen LogP contribution in [-0.2, 0) is 9.47 Å². The Balaban J connectivity index is 2.32. The van der Waals surface area contributed by atoms with Gasteiger partial charge in [0.15, 0.2) is 0 Å². The molecule has 0 saturated carbocycles. The molecule has 114 valence electrons. The van der Waals surface area contributed by atoms with Crippen molar-refractivity contribution >= 4 is 0 Å². The average molecular weight is 281 g/mol. The third-order valence-corrected chi connectivity index (χ3v) is 3.21. The summed E-state index contributed by atoms with van der Waals surface area (Å²) in [6.07, 6.45) is 2.03. The maximum Gasteiger partial charge on any atom is 0.123 e. The summed E-state index contributed by atoms with van der Waals surface area (Å²) in [6.45, 7) is 5.20. The molecule has 0 aliphatic rings. The van der Waals surface area contributed by atoms with E-state index in [0.717, 1.165) is 31.7 Å². The monoisotopic (exact) mass is 281 g/mol. The second-order valence-corrected chi connectivity index (χ2v) is 4.62. The van der Waals surface area contributed by atoms with Crippen LogP contribution in [0.5, 0.6) is 5.75 Å². The Hall–Kier alpha value is -1.10. The van der Waals surface area contributed by atoms with Crippen LogP contribution in [-0.4, -0.2) is 40.6 Å².